The van der Waals surface area contributed by atoms with E-state index in [9.17, 15) is 9.59 Å². The average Bonchev–Trinajstić information content (AvgIpc) is 2.04. The van der Waals surface area contributed by atoms with E-state index in [0.29, 0.717) is 6.42 Å². The lowest BCUT2D eigenvalue weighted by Gasteiger charge is -1.95. The molecule has 11 heavy (non-hydrogen) atoms. The third-order valence-electron chi connectivity index (χ3n) is 1.04. The topological polar surface area (TPSA) is 71.1 Å². The average molecular weight is 162 g/mol. The standard InChI is InChI=1S/C5H6O6/c6-4-2-1-3-5(7)9-11-10-8-4/h1-3H2. The van der Waals surface area contributed by atoms with Crippen LogP contribution in [0.1, 0.15) is 19.3 Å². The molecule has 1 fully saturated rings. The van der Waals surface area contributed by atoms with E-state index in [-0.39, 0.29) is 12.8 Å². The van der Waals surface area contributed by atoms with Gasteiger partial charge in [0.1, 0.15) is 0 Å². The van der Waals surface area contributed by atoms with Crippen LogP contribution in [0.4, 0.5) is 0 Å². The van der Waals surface area contributed by atoms with Gasteiger partial charge in [-0.15, -0.1) is 0 Å². The molecule has 0 bridgehead atoms. The Hall–Kier alpha value is -1.14. The molecule has 0 atom stereocenters. The van der Waals surface area contributed by atoms with Crippen LogP contribution in [0.2, 0.25) is 0 Å². The molecule has 0 spiro atoms. The van der Waals surface area contributed by atoms with E-state index >= 15 is 0 Å². The minimum atomic E-state index is -0.594. The van der Waals surface area contributed by atoms with Crippen LogP contribution in [0.15, 0.2) is 0 Å². The van der Waals surface area contributed by atoms with Gasteiger partial charge < -0.3 is 0 Å². The van der Waals surface area contributed by atoms with Gasteiger partial charge in [0.05, 0.1) is 0 Å². The molecular weight excluding hydrogens is 156 g/mol. The van der Waals surface area contributed by atoms with Crippen molar-refractivity contribution in [1.82, 2.24) is 0 Å². The lowest BCUT2D eigenvalue weighted by Crippen LogP contribution is -2.05. The smallest absolute Gasteiger partial charge is 0.266 e. The highest BCUT2D eigenvalue weighted by Gasteiger charge is 2.12. The first-order valence-electron chi connectivity index (χ1n) is 3.02. The van der Waals surface area contributed by atoms with Gasteiger partial charge in [-0.1, -0.05) is 0 Å². The Morgan fingerprint density at radius 2 is 1.36 bits per heavy atom. The van der Waals surface area contributed by atoms with Gasteiger partial charge in [0.25, 0.3) is 0 Å². The maximum atomic E-state index is 10.5. The summed E-state index contributed by atoms with van der Waals surface area (Å²) in [4.78, 5) is 28.9. The van der Waals surface area contributed by atoms with E-state index in [0.717, 1.165) is 0 Å². The van der Waals surface area contributed by atoms with Crippen LogP contribution in [0, 0.1) is 0 Å². The maximum absolute atomic E-state index is 10.5. The van der Waals surface area contributed by atoms with Crippen molar-refractivity contribution in [2.75, 3.05) is 0 Å². The number of hydrogen-bond donors (Lipinski definition) is 0. The van der Waals surface area contributed by atoms with Crippen LogP contribution in [0.5, 0.6) is 0 Å². The van der Waals surface area contributed by atoms with Crippen molar-refractivity contribution < 1.29 is 29.4 Å². The molecule has 0 aromatic rings. The second kappa shape index (κ2) is 3.89. The van der Waals surface area contributed by atoms with Crippen LogP contribution in [0.3, 0.4) is 0 Å². The molecule has 6 nitrogen and oxygen atoms in total. The minimum absolute atomic E-state index is 0.110. The third kappa shape index (κ3) is 2.96. The van der Waals surface area contributed by atoms with Gasteiger partial charge in [0.2, 0.25) is 0 Å². The molecule has 1 aliphatic heterocycles. The first-order valence-corrected chi connectivity index (χ1v) is 3.02. The number of rotatable bonds is 0. The molecule has 0 aliphatic carbocycles. The quantitative estimate of drug-likeness (QED) is 0.468. The zero-order chi connectivity index (χ0) is 8.10. The van der Waals surface area contributed by atoms with Crippen molar-refractivity contribution in [3.63, 3.8) is 0 Å². The first-order chi connectivity index (χ1) is 5.29. The van der Waals surface area contributed by atoms with Gasteiger partial charge in [0, 0.05) is 22.9 Å². The fourth-order valence-corrected chi connectivity index (χ4v) is 0.564. The zero-order valence-electron chi connectivity index (χ0n) is 5.57. The summed E-state index contributed by atoms with van der Waals surface area (Å²) in [6, 6.07) is 0. The molecule has 0 aromatic heterocycles. The van der Waals surface area contributed by atoms with Gasteiger partial charge in [0.15, 0.2) is 0 Å². The predicted molar refractivity (Wildman–Crippen MR) is 28.2 cm³/mol. The third-order valence-corrected chi connectivity index (χ3v) is 1.04. The van der Waals surface area contributed by atoms with Crippen LogP contribution < -0.4 is 0 Å². The van der Waals surface area contributed by atoms with E-state index in [4.69, 9.17) is 0 Å². The Labute approximate surface area is 61.8 Å². The number of hydrogen-bond acceptors (Lipinski definition) is 6. The van der Waals surface area contributed by atoms with Crippen LogP contribution >= 0.6 is 0 Å². The summed E-state index contributed by atoms with van der Waals surface area (Å²) in [5, 5.41) is 7.49. The maximum Gasteiger partial charge on any atom is 0.345 e. The monoisotopic (exact) mass is 162 g/mol. The molecule has 0 saturated carbocycles. The van der Waals surface area contributed by atoms with E-state index in [2.05, 4.69) is 19.9 Å². The number of carbonyl (C=O) groups is 2. The summed E-state index contributed by atoms with van der Waals surface area (Å²) in [5.74, 6) is -1.19. The summed E-state index contributed by atoms with van der Waals surface area (Å²) < 4.78 is 0. The predicted octanol–water partition coefficient (Wildman–Crippen LogP) is 0.0349. The molecule has 0 radical (unpaired) electrons. The second-order valence-electron chi connectivity index (χ2n) is 1.90. The highest BCUT2D eigenvalue weighted by molar-refractivity contribution is 5.71. The highest BCUT2D eigenvalue weighted by atomic mass is 17.7. The van der Waals surface area contributed by atoms with Crippen molar-refractivity contribution >= 4 is 11.9 Å². The second-order valence-corrected chi connectivity index (χ2v) is 1.90. The molecule has 6 heteroatoms. The fraction of sp³-hybridized carbons (Fsp3) is 0.600. The molecule has 0 aromatic carbocycles. The Bertz CT molecular complexity index is 146. The molecule has 1 rings (SSSR count). The van der Waals surface area contributed by atoms with Gasteiger partial charge in [-0.25, -0.2) is 9.59 Å². The molecule has 1 saturated heterocycles. The van der Waals surface area contributed by atoms with Gasteiger partial charge in [-0.2, -0.15) is 0 Å². The van der Waals surface area contributed by atoms with E-state index in [1.54, 1.807) is 0 Å². The molecule has 1 heterocycles. The van der Waals surface area contributed by atoms with Crippen molar-refractivity contribution in [2.45, 2.75) is 19.3 Å². The minimum Gasteiger partial charge on any atom is -0.266 e. The summed E-state index contributed by atoms with van der Waals surface area (Å²) in [6.45, 7) is 0. The largest absolute Gasteiger partial charge is 0.345 e. The zero-order valence-corrected chi connectivity index (χ0v) is 5.57. The van der Waals surface area contributed by atoms with E-state index in [1.165, 1.54) is 0 Å². The Balaban J connectivity index is 2.35. The van der Waals surface area contributed by atoms with E-state index < -0.39 is 11.9 Å². The molecule has 0 unspecified atom stereocenters. The SMILES string of the molecule is O=C1CCCC(=O)OOOO1. The summed E-state index contributed by atoms with van der Waals surface area (Å²) in [6.07, 6.45) is 0.585. The van der Waals surface area contributed by atoms with Gasteiger partial charge >= 0.3 is 11.9 Å². The Morgan fingerprint density at radius 1 is 0.909 bits per heavy atom. The lowest BCUT2D eigenvalue weighted by atomic mass is 10.2. The van der Waals surface area contributed by atoms with E-state index in [1.807, 2.05) is 0 Å². The normalized spacial score (nSPS) is 20.7. The Kier molecular flexibility index (Phi) is 2.82. The van der Waals surface area contributed by atoms with Crippen molar-refractivity contribution in [1.29, 1.82) is 0 Å². The number of carbonyl (C=O) groups excluding carboxylic acids is 2. The summed E-state index contributed by atoms with van der Waals surface area (Å²) in [7, 11) is 0. The lowest BCUT2D eigenvalue weighted by molar-refractivity contribution is -0.599. The van der Waals surface area contributed by atoms with Crippen LogP contribution in [-0.2, 0) is 29.4 Å². The summed E-state index contributed by atoms with van der Waals surface area (Å²) >= 11 is 0. The molecular formula is C5H6O6. The highest BCUT2D eigenvalue weighted by Crippen LogP contribution is 2.03. The molecule has 62 valence electrons. The first kappa shape index (κ1) is 7.96. The van der Waals surface area contributed by atoms with Crippen LogP contribution in [-0.4, -0.2) is 11.9 Å². The van der Waals surface area contributed by atoms with Gasteiger partial charge in [-0.3, -0.25) is 9.78 Å². The molecule has 1 aliphatic rings. The van der Waals surface area contributed by atoms with Crippen molar-refractivity contribution in [3.8, 4) is 0 Å². The van der Waals surface area contributed by atoms with Crippen molar-refractivity contribution in [3.05, 3.63) is 0 Å². The Morgan fingerprint density at radius 3 is 1.82 bits per heavy atom. The molecule has 0 N–H and O–H groups in total. The molecule has 0 amide bonds. The van der Waals surface area contributed by atoms with Crippen molar-refractivity contribution in [2.24, 2.45) is 0 Å². The summed E-state index contributed by atoms with van der Waals surface area (Å²) in [5.41, 5.74) is 0. The van der Waals surface area contributed by atoms with Gasteiger partial charge in [-0.05, 0) is 6.42 Å². The fourth-order valence-electron chi connectivity index (χ4n) is 0.564. The van der Waals surface area contributed by atoms with Crippen LogP contribution in [0.25, 0.3) is 0 Å².